The van der Waals surface area contributed by atoms with Gasteiger partial charge in [-0.15, -0.1) is 0 Å². The lowest BCUT2D eigenvalue weighted by Gasteiger charge is -2.00. The molecular weight excluding hydrogens is 188 g/mol. The lowest BCUT2D eigenvalue weighted by molar-refractivity contribution is 0.585. The summed E-state index contributed by atoms with van der Waals surface area (Å²) >= 11 is -1.44. The molecule has 1 aromatic rings. The maximum atomic E-state index is 10.9. The van der Waals surface area contributed by atoms with Crippen LogP contribution >= 0.6 is 11.1 Å². The zero-order valence-electron chi connectivity index (χ0n) is 7.83. The van der Waals surface area contributed by atoms with Crippen molar-refractivity contribution >= 4 is 22.8 Å². The van der Waals surface area contributed by atoms with E-state index in [0.717, 1.165) is 19.4 Å². The highest BCUT2D eigenvalue weighted by Crippen LogP contribution is 2.21. The number of nitrogens with zero attached hydrogens (tertiary/aromatic N) is 2. The lowest BCUT2D eigenvalue weighted by atomic mass is 10.3. The van der Waals surface area contributed by atoms with Crippen LogP contribution in [0.2, 0.25) is 0 Å². The highest BCUT2D eigenvalue weighted by molar-refractivity contribution is 7.14. The summed E-state index contributed by atoms with van der Waals surface area (Å²) in [6.07, 6.45) is 2.19. The predicted octanol–water partition coefficient (Wildman–Crippen LogP) is 1.46. The van der Waals surface area contributed by atoms with Gasteiger partial charge in [-0.1, -0.05) is 13.3 Å². The Hall–Kier alpha value is -0.880. The molecule has 1 aromatic heterocycles. The van der Waals surface area contributed by atoms with Gasteiger partial charge in [0, 0.05) is 22.3 Å². The average molecular weight is 202 g/mol. The van der Waals surface area contributed by atoms with Crippen molar-refractivity contribution in [2.24, 2.45) is 0 Å². The number of anilines is 2. The Bertz CT molecular complexity index is 263. The van der Waals surface area contributed by atoms with Crippen molar-refractivity contribution in [2.45, 2.75) is 19.8 Å². The van der Waals surface area contributed by atoms with Crippen molar-refractivity contribution in [1.29, 1.82) is 0 Å². The molecule has 2 N–H and O–H groups in total. The zero-order chi connectivity index (χ0) is 9.68. The standard InChI is InChI=1S/C7H14N4OS/c1-3-4-5-9-7-6(8-2)10-13(12)11-7/h3-5H2,1-2H3,(H,8,10)(H,9,11). The van der Waals surface area contributed by atoms with E-state index in [1.807, 2.05) is 0 Å². The molecule has 0 aliphatic carbocycles. The molecule has 1 heterocycles. The predicted molar refractivity (Wildman–Crippen MR) is 53.6 cm³/mol. The molecular formula is C7H14N4OS. The summed E-state index contributed by atoms with van der Waals surface area (Å²) in [6.45, 7) is 2.95. The minimum atomic E-state index is -1.44. The zero-order valence-corrected chi connectivity index (χ0v) is 8.65. The van der Waals surface area contributed by atoms with Crippen LogP contribution in [0, 0.1) is 0 Å². The number of aromatic nitrogens is 2. The first kappa shape index (κ1) is 10.2. The van der Waals surface area contributed by atoms with Gasteiger partial charge in [0.2, 0.25) is 11.6 Å². The Labute approximate surface area is 80.7 Å². The van der Waals surface area contributed by atoms with Gasteiger partial charge in [-0.2, -0.15) is 0 Å². The van der Waals surface area contributed by atoms with Gasteiger partial charge in [-0.25, -0.2) is 0 Å². The maximum absolute atomic E-state index is 10.9. The molecule has 0 aliphatic rings. The summed E-state index contributed by atoms with van der Waals surface area (Å²) in [4.78, 5) is 0. The van der Waals surface area contributed by atoms with Gasteiger partial charge in [0.25, 0.3) is 0 Å². The molecule has 1 atom stereocenters. The van der Waals surface area contributed by atoms with E-state index in [1.54, 1.807) is 7.05 Å². The summed E-state index contributed by atoms with van der Waals surface area (Å²) in [6, 6.07) is 0. The van der Waals surface area contributed by atoms with Gasteiger partial charge in [0.15, 0.2) is 11.1 Å². The molecule has 0 radical (unpaired) electrons. The van der Waals surface area contributed by atoms with Crippen LogP contribution in [-0.4, -0.2) is 26.9 Å². The van der Waals surface area contributed by atoms with E-state index in [9.17, 15) is 4.55 Å². The molecule has 0 fully saturated rings. The largest absolute Gasteiger partial charge is 0.546 e. The second-order valence-electron chi connectivity index (χ2n) is 2.64. The fraction of sp³-hybridized carbons (Fsp3) is 0.714. The number of rotatable bonds is 5. The Morgan fingerprint density at radius 3 is 2.69 bits per heavy atom. The molecule has 6 heteroatoms. The van der Waals surface area contributed by atoms with E-state index in [2.05, 4.69) is 26.3 Å². The van der Waals surface area contributed by atoms with Gasteiger partial charge < -0.3 is 15.2 Å². The number of hydrogen-bond donors (Lipinski definition) is 2. The summed E-state index contributed by atoms with van der Waals surface area (Å²) in [5, 5.41) is 5.91. The van der Waals surface area contributed by atoms with Crippen LogP contribution in [0.4, 0.5) is 11.6 Å². The van der Waals surface area contributed by atoms with Crippen LogP contribution in [0.3, 0.4) is 0 Å². The Kier molecular flexibility index (Phi) is 3.91. The number of nitrogens with one attached hydrogen (secondary N) is 2. The van der Waals surface area contributed by atoms with E-state index in [4.69, 9.17) is 0 Å². The minimum absolute atomic E-state index is 0.578. The average Bonchev–Trinajstić information content (AvgIpc) is 2.47. The summed E-state index contributed by atoms with van der Waals surface area (Å²) in [5.41, 5.74) is 0. The van der Waals surface area contributed by atoms with Crippen molar-refractivity contribution in [2.75, 3.05) is 24.2 Å². The molecule has 0 aliphatic heterocycles. The minimum Gasteiger partial charge on any atom is -0.546 e. The molecule has 74 valence electrons. The van der Waals surface area contributed by atoms with Crippen molar-refractivity contribution < 1.29 is 4.55 Å². The van der Waals surface area contributed by atoms with E-state index in [0.29, 0.717) is 11.6 Å². The molecule has 5 nitrogen and oxygen atoms in total. The first-order chi connectivity index (χ1) is 6.27. The molecule has 0 amide bonds. The third kappa shape index (κ3) is 2.82. The van der Waals surface area contributed by atoms with Crippen LogP contribution in [0.1, 0.15) is 19.8 Å². The van der Waals surface area contributed by atoms with Gasteiger partial charge in [-0.05, 0) is 6.42 Å². The van der Waals surface area contributed by atoms with E-state index in [-0.39, 0.29) is 0 Å². The monoisotopic (exact) mass is 202 g/mol. The van der Waals surface area contributed by atoms with Crippen LogP contribution in [0.5, 0.6) is 0 Å². The fourth-order valence-electron chi connectivity index (χ4n) is 0.927. The van der Waals surface area contributed by atoms with Crippen molar-refractivity contribution in [3.8, 4) is 0 Å². The molecule has 0 saturated carbocycles. The van der Waals surface area contributed by atoms with Crippen molar-refractivity contribution in [1.82, 2.24) is 8.75 Å². The van der Waals surface area contributed by atoms with Crippen molar-refractivity contribution in [3.63, 3.8) is 0 Å². The second kappa shape index (κ2) is 4.98. The fourth-order valence-corrected chi connectivity index (χ4v) is 1.61. The van der Waals surface area contributed by atoms with E-state index >= 15 is 0 Å². The quantitative estimate of drug-likeness (QED) is 0.558. The second-order valence-corrected chi connectivity index (χ2v) is 3.47. The SMILES string of the molecule is CCCCNc1n[s+]([O-])nc1NC. The van der Waals surface area contributed by atoms with Crippen LogP contribution in [0.15, 0.2) is 0 Å². The van der Waals surface area contributed by atoms with Gasteiger partial charge in [0.1, 0.15) is 0 Å². The van der Waals surface area contributed by atoms with E-state index in [1.165, 1.54) is 0 Å². The Morgan fingerprint density at radius 2 is 2.08 bits per heavy atom. The van der Waals surface area contributed by atoms with E-state index < -0.39 is 11.1 Å². The summed E-state index contributed by atoms with van der Waals surface area (Å²) < 4.78 is 18.5. The third-order valence-electron chi connectivity index (χ3n) is 1.62. The number of unbranched alkanes of at least 4 members (excludes halogenated alkanes) is 1. The molecule has 1 unspecified atom stereocenters. The topological polar surface area (TPSA) is 72.9 Å². The molecule has 0 aromatic carbocycles. The highest BCUT2D eigenvalue weighted by atomic mass is 32.2. The molecule has 0 spiro atoms. The van der Waals surface area contributed by atoms with Gasteiger partial charge >= 0.3 is 0 Å². The smallest absolute Gasteiger partial charge is 0.232 e. The lowest BCUT2D eigenvalue weighted by Crippen LogP contribution is -2.03. The van der Waals surface area contributed by atoms with Gasteiger partial charge in [-0.3, -0.25) is 0 Å². The Morgan fingerprint density at radius 1 is 1.38 bits per heavy atom. The summed E-state index contributed by atoms with van der Waals surface area (Å²) in [7, 11) is 1.73. The first-order valence-electron chi connectivity index (χ1n) is 4.29. The molecule has 13 heavy (non-hydrogen) atoms. The van der Waals surface area contributed by atoms with Crippen LogP contribution < -0.4 is 10.6 Å². The number of hydrogen-bond acceptors (Lipinski definition) is 5. The third-order valence-corrected chi connectivity index (χ3v) is 2.30. The molecule has 0 bridgehead atoms. The molecule has 1 rings (SSSR count). The normalized spacial score (nSPS) is 11.5. The molecule has 0 saturated heterocycles. The maximum Gasteiger partial charge on any atom is 0.232 e. The Balaban J connectivity index is 2.53. The van der Waals surface area contributed by atoms with Crippen molar-refractivity contribution in [3.05, 3.63) is 0 Å². The highest BCUT2D eigenvalue weighted by Gasteiger charge is 2.12. The van der Waals surface area contributed by atoms with Gasteiger partial charge in [0.05, 0.1) is 0 Å². The van der Waals surface area contributed by atoms with Crippen LogP contribution in [0.25, 0.3) is 0 Å². The summed E-state index contributed by atoms with van der Waals surface area (Å²) in [5.74, 6) is 1.18. The van der Waals surface area contributed by atoms with Crippen LogP contribution in [-0.2, 0) is 0 Å². The first-order valence-corrected chi connectivity index (χ1v) is 5.35.